The van der Waals surface area contributed by atoms with Gasteiger partial charge in [0.05, 0.1) is 13.2 Å². The molecule has 1 heterocycles. The summed E-state index contributed by atoms with van der Waals surface area (Å²) in [6.07, 6.45) is 0. The molecule has 1 aliphatic heterocycles. The molecule has 25 heavy (non-hydrogen) atoms. The van der Waals surface area contributed by atoms with Crippen molar-refractivity contribution < 1.29 is 14.3 Å². The van der Waals surface area contributed by atoms with E-state index in [9.17, 15) is 4.79 Å². The number of nitrogens with zero attached hydrogens (tertiary/aromatic N) is 2. The number of methoxy groups -OCH3 is 1. The van der Waals surface area contributed by atoms with Gasteiger partial charge in [0.1, 0.15) is 17.5 Å². The molecule has 0 aromatic heterocycles. The van der Waals surface area contributed by atoms with Crippen LogP contribution in [0.4, 0.5) is 5.69 Å². The summed E-state index contributed by atoms with van der Waals surface area (Å²) in [4.78, 5) is 15.9. The van der Waals surface area contributed by atoms with Crippen LogP contribution in [-0.2, 0) is 9.53 Å². The van der Waals surface area contributed by atoms with Crippen LogP contribution in [0.1, 0.15) is 6.92 Å². The van der Waals surface area contributed by atoms with Crippen LogP contribution in [0.5, 0.6) is 11.5 Å². The van der Waals surface area contributed by atoms with Crippen LogP contribution in [0.2, 0.25) is 0 Å². The number of hydrogen-bond donors (Lipinski definition) is 0. The standard InChI is InChI=1S/C19H20N2O3S/c1-14-18(22)20(12-13-23-2)19(25)21(14)15-8-10-17(11-9-15)24-16-6-4-3-5-7-16/h3-11,14H,12-13H2,1-2H3. The molecule has 0 N–H and O–H groups in total. The van der Waals surface area contributed by atoms with E-state index in [4.69, 9.17) is 21.7 Å². The summed E-state index contributed by atoms with van der Waals surface area (Å²) in [5.41, 5.74) is 0.867. The molecular weight excluding hydrogens is 336 g/mol. The van der Waals surface area contributed by atoms with Gasteiger partial charge in [-0.2, -0.15) is 0 Å². The molecule has 3 rings (SSSR count). The Hall–Kier alpha value is -2.44. The highest BCUT2D eigenvalue weighted by atomic mass is 32.1. The van der Waals surface area contributed by atoms with Crippen molar-refractivity contribution in [2.75, 3.05) is 25.2 Å². The van der Waals surface area contributed by atoms with E-state index in [2.05, 4.69) is 0 Å². The van der Waals surface area contributed by atoms with Gasteiger partial charge in [-0.25, -0.2) is 0 Å². The Kier molecular flexibility index (Phi) is 5.31. The van der Waals surface area contributed by atoms with Gasteiger partial charge in [0.2, 0.25) is 0 Å². The van der Waals surface area contributed by atoms with Gasteiger partial charge in [-0.1, -0.05) is 18.2 Å². The normalized spacial score (nSPS) is 17.3. The first-order valence-corrected chi connectivity index (χ1v) is 8.49. The Morgan fingerprint density at radius 1 is 1.04 bits per heavy atom. The molecule has 0 aliphatic carbocycles. The molecule has 0 saturated carbocycles. The third kappa shape index (κ3) is 3.65. The molecular formula is C19H20N2O3S. The summed E-state index contributed by atoms with van der Waals surface area (Å²) in [6.45, 7) is 2.77. The number of rotatable bonds is 6. The van der Waals surface area contributed by atoms with Gasteiger partial charge in [0, 0.05) is 12.8 Å². The van der Waals surface area contributed by atoms with Crippen molar-refractivity contribution in [2.24, 2.45) is 0 Å². The van der Waals surface area contributed by atoms with Crippen LogP contribution in [0.15, 0.2) is 54.6 Å². The van der Waals surface area contributed by atoms with Gasteiger partial charge in [0.25, 0.3) is 5.91 Å². The molecule has 130 valence electrons. The van der Waals surface area contributed by atoms with Crippen LogP contribution < -0.4 is 9.64 Å². The molecule has 1 aliphatic rings. The third-order valence-corrected chi connectivity index (χ3v) is 4.48. The fourth-order valence-electron chi connectivity index (χ4n) is 2.75. The molecule has 5 nitrogen and oxygen atoms in total. The predicted octanol–water partition coefficient (Wildman–Crippen LogP) is 3.45. The molecule has 1 amide bonds. The number of benzene rings is 2. The molecule has 2 aromatic rings. The molecule has 0 spiro atoms. The first-order valence-electron chi connectivity index (χ1n) is 8.08. The number of carbonyl (C=O) groups is 1. The number of amides is 1. The fourth-order valence-corrected chi connectivity index (χ4v) is 3.19. The second kappa shape index (κ2) is 7.63. The first-order chi connectivity index (χ1) is 12.1. The minimum absolute atomic E-state index is 0.00772. The average molecular weight is 356 g/mol. The number of para-hydroxylation sites is 1. The SMILES string of the molecule is COCCN1C(=O)C(C)N(c2ccc(Oc3ccccc3)cc2)C1=S. The Labute approximate surface area is 152 Å². The zero-order valence-electron chi connectivity index (χ0n) is 14.2. The van der Waals surface area contributed by atoms with Crippen LogP contribution in [0.25, 0.3) is 0 Å². The number of hydrogen-bond acceptors (Lipinski definition) is 4. The minimum Gasteiger partial charge on any atom is -0.457 e. The van der Waals surface area contributed by atoms with E-state index in [-0.39, 0.29) is 11.9 Å². The molecule has 1 atom stereocenters. The summed E-state index contributed by atoms with van der Waals surface area (Å²) in [5, 5.41) is 0.506. The van der Waals surface area contributed by atoms with E-state index in [0.29, 0.717) is 18.3 Å². The Morgan fingerprint density at radius 2 is 1.68 bits per heavy atom. The van der Waals surface area contributed by atoms with E-state index in [1.807, 2.05) is 66.4 Å². The fraction of sp³-hybridized carbons (Fsp3) is 0.263. The Bertz CT molecular complexity index is 749. The highest BCUT2D eigenvalue weighted by Gasteiger charge is 2.39. The highest BCUT2D eigenvalue weighted by molar-refractivity contribution is 7.80. The lowest BCUT2D eigenvalue weighted by molar-refractivity contribution is -0.126. The van der Waals surface area contributed by atoms with Crippen molar-refractivity contribution in [1.29, 1.82) is 0 Å². The lowest BCUT2D eigenvalue weighted by atomic mass is 10.2. The predicted molar refractivity (Wildman–Crippen MR) is 101 cm³/mol. The lowest BCUT2D eigenvalue weighted by Crippen LogP contribution is -2.35. The molecule has 1 unspecified atom stereocenters. The van der Waals surface area contributed by atoms with Crippen molar-refractivity contribution in [3.63, 3.8) is 0 Å². The molecule has 1 saturated heterocycles. The number of carbonyl (C=O) groups excluding carboxylic acids is 1. The van der Waals surface area contributed by atoms with Gasteiger partial charge in [-0.15, -0.1) is 0 Å². The van der Waals surface area contributed by atoms with E-state index in [0.717, 1.165) is 17.2 Å². The van der Waals surface area contributed by atoms with E-state index in [1.54, 1.807) is 12.0 Å². The molecule has 0 bridgehead atoms. The van der Waals surface area contributed by atoms with Crippen molar-refractivity contribution in [1.82, 2.24) is 4.90 Å². The number of thiocarbonyl (C=S) groups is 1. The summed E-state index contributed by atoms with van der Waals surface area (Å²) >= 11 is 5.49. The molecule has 0 radical (unpaired) electrons. The first kappa shape index (κ1) is 17.4. The van der Waals surface area contributed by atoms with Gasteiger partial charge in [-0.05, 0) is 55.5 Å². The quantitative estimate of drug-likeness (QED) is 0.742. The Balaban J connectivity index is 1.75. The van der Waals surface area contributed by atoms with Gasteiger partial charge in [-0.3, -0.25) is 9.69 Å². The average Bonchev–Trinajstić information content (AvgIpc) is 2.84. The lowest BCUT2D eigenvalue weighted by Gasteiger charge is -2.22. The van der Waals surface area contributed by atoms with Crippen molar-refractivity contribution in [3.8, 4) is 11.5 Å². The Morgan fingerprint density at radius 3 is 2.32 bits per heavy atom. The van der Waals surface area contributed by atoms with E-state index in [1.165, 1.54) is 0 Å². The van der Waals surface area contributed by atoms with Crippen molar-refractivity contribution >= 4 is 28.9 Å². The van der Waals surface area contributed by atoms with Gasteiger partial charge >= 0.3 is 0 Å². The van der Waals surface area contributed by atoms with E-state index >= 15 is 0 Å². The topological polar surface area (TPSA) is 42.0 Å². The third-order valence-electron chi connectivity index (χ3n) is 4.06. The maximum Gasteiger partial charge on any atom is 0.251 e. The monoisotopic (exact) mass is 356 g/mol. The number of anilines is 1. The summed E-state index contributed by atoms with van der Waals surface area (Å²) in [7, 11) is 1.61. The summed E-state index contributed by atoms with van der Waals surface area (Å²) < 4.78 is 10.9. The second-order valence-corrected chi connectivity index (χ2v) is 6.09. The van der Waals surface area contributed by atoms with Gasteiger partial charge < -0.3 is 14.4 Å². The van der Waals surface area contributed by atoms with Crippen LogP contribution >= 0.6 is 12.2 Å². The number of ether oxygens (including phenoxy) is 2. The zero-order valence-corrected chi connectivity index (χ0v) is 15.0. The minimum atomic E-state index is -0.328. The smallest absolute Gasteiger partial charge is 0.251 e. The van der Waals surface area contributed by atoms with Crippen LogP contribution in [0.3, 0.4) is 0 Å². The summed E-state index contributed by atoms with van der Waals surface area (Å²) in [5.74, 6) is 1.50. The maximum atomic E-state index is 12.4. The van der Waals surface area contributed by atoms with E-state index < -0.39 is 0 Å². The largest absolute Gasteiger partial charge is 0.457 e. The molecule has 6 heteroatoms. The highest BCUT2D eigenvalue weighted by Crippen LogP contribution is 2.29. The van der Waals surface area contributed by atoms with Gasteiger partial charge in [0.15, 0.2) is 5.11 Å². The zero-order chi connectivity index (χ0) is 17.8. The summed E-state index contributed by atoms with van der Waals surface area (Å²) in [6, 6.07) is 16.8. The van der Waals surface area contributed by atoms with Crippen LogP contribution in [0, 0.1) is 0 Å². The van der Waals surface area contributed by atoms with Crippen molar-refractivity contribution in [2.45, 2.75) is 13.0 Å². The molecule has 2 aromatic carbocycles. The molecule has 1 fully saturated rings. The maximum absolute atomic E-state index is 12.4. The van der Waals surface area contributed by atoms with Crippen LogP contribution in [-0.4, -0.2) is 42.2 Å². The van der Waals surface area contributed by atoms with Crippen molar-refractivity contribution in [3.05, 3.63) is 54.6 Å². The second-order valence-electron chi connectivity index (χ2n) is 5.72.